The van der Waals surface area contributed by atoms with Crippen molar-refractivity contribution in [2.75, 3.05) is 0 Å². The zero-order valence-electron chi connectivity index (χ0n) is 11.7. The van der Waals surface area contributed by atoms with E-state index in [1.54, 1.807) is 0 Å². The summed E-state index contributed by atoms with van der Waals surface area (Å²) in [5.41, 5.74) is 3.55. The van der Waals surface area contributed by atoms with Crippen molar-refractivity contribution in [2.45, 2.75) is 19.4 Å². The number of aliphatic hydroxyl groups excluding tert-OH is 1. The Hall–Kier alpha value is -0.566. The molecule has 3 rings (SSSR count). The third-order valence-corrected chi connectivity index (χ3v) is 3.60. The van der Waals surface area contributed by atoms with Crippen molar-refractivity contribution in [3.63, 3.8) is 0 Å². The molecule has 0 bridgehead atoms. The van der Waals surface area contributed by atoms with Crippen LogP contribution in [0, 0.1) is 0 Å². The van der Waals surface area contributed by atoms with Gasteiger partial charge in [-0.05, 0) is 28.8 Å². The van der Waals surface area contributed by atoms with Gasteiger partial charge in [-0.25, -0.2) is 0 Å². The first-order valence-corrected chi connectivity index (χ1v) is 10.9. The summed E-state index contributed by atoms with van der Waals surface area (Å²) in [5.74, 6) is 0.303. The van der Waals surface area contributed by atoms with Crippen LogP contribution in [0.1, 0.15) is 24.0 Å². The number of rotatable bonds is 2. The summed E-state index contributed by atoms with van der Waals surface area (Å²) < 4.78 is 0. The first-order valence-electron chi connectivity index (χ1n) is 6.65. The van der Waals surface area contributed by atoms with Crippen LogP contribution in [0.15, 0.2) is 60.2 Å². The summed E-state index contributed by atoms with van der Waals surface area (Å²) in [6.45, 7) is 2.20. The molecule has 1 aliphatic rings. The fourth-order valence-corrected chi connectivity index (χ4v) is 2.68. The standard InChI is InChI=1S/C17H16O.2ClH.Ti/c1-12-6-7-14(10-12)16-9-8-13-4-2-3-5-15(13)17(16)11-18;;;/h2-10,14,18H,11H2,1H3;2*1H;/q;;;+2/p-2. The predicted octanol–water partition coefficient (Wildman–Crippen LogP) is 5.31. The van der Waals surface area contributed by atoms with Crippen LogP contribution < -0.4 is 0 Å². The predicted molar refractivity (Wildman–Crippen MR) is 87.2 cm³/mol. The van der Waals surface area contributed by atoms with Crippen LogP contribution in [-0.4, -0.2) is 5.11 Å². The van der Waals surface area contributed by atoms with Gasteiger partial charge in [0.2, 0.25) is 0 Å². The molecule has 2 aromatic carbocycles. The van der Waals surface area contributed by atoms with E-state index in [1.165, 1.54) is 16.5 Å². The molecule has 1 unspecified atom stereocenters. The normalized spacial score (nSPS) is 16.4. The molecule has 1 aliphatic carbocycles. The van der Waals surface area contributed by atoms with Crippen LogP contribution in [0.2, 0.25) is 0 Å². The van der Waals surface area contributed by atoms with E-state index >= 15 is 0 Å². The molecular formula is C17H16Cl2OTi. The Labute approximate surface area is 141 Å². The quantitative estimate of drug-likeness (QED) is 0.724. The third kappa shape index (κ3) is 4.00. The first kappa shape index (κ1) is 16.8. The van der Waals surface area contributed by atoms with E-state index in [4.69, 9.17) is 18.6 Å². The molecule has 1 nitrogen and oxygen atoms in total. The van der Waals surface area contributed by atoms with Crippen molar-refractivity contribution in [1.82, 2.24) is 0 Å². The zero-order valence-corrected chi connectivity index (χ0v) is 14.8. The molecule has 108 valence electrons. The second-order valence-electron chi connectivity index (χ2n) is 4.88. The van der Waals surface area contributed by atoms with E-state index in [-0.39, 0.29) is 6.61 Å². The number of hydrogen-bond donors (Lipinski definition) is 1. The van der Waals surface area contributed by atoms with Crippen molar-refractivity contribution in [2.24, 2.45) is 0 Å². The van der Waals surface area contributed by atoms with E-state index in [9.17, 15) is 5.11 Å². The molecule has 1 atom stereocenters. The van der Waals surface area contributed by atoms with Crippen LogP contribution in [0.3, 0.4) is 0 Å². The molecule has 0 saturated heterocycles. The van der Waals surface area contributed by atoms with Crippen molar-refractivity contribution >= 4 is 29.4 Å². The molecule has 0 amide bonds. The van der Waals surface area contributed by atoms with Gasteiger partial charge in [-0.2, -0.15) is 0 Å². The van der Waals surface area contributed by atoms with E-state index in [2.05, 4.69) is 49.4 Å². The van der Waals surface area contributed by atoms with Crippen LogP contribution in [0.5, 0.6) is 0 Å². The van der Waals surface area contributed by atoms with Gasteiger partial charge in [0, 0.05) is 5.92 Å². The number of benzene rings is 2. The molecule has 21 heavy (non-hydrogen) atoms. The van der Waals surface area contributed by atoms with Gasteiger partial charge in [0.1, 0.15) is 0 Å². The fraction of sp³-hybridized carbons (Fsp3) is 0.176. The molecule has 1 N–H and O–H groups in total. The van der Waals surface area contributed by atoms with Gasteiger partial charge in [0.15, 0.2) is 0 Å². The van der Waals surface area contributed by atoms with Crippen LogP contribution in [-0.2, 0) is 23.6 Å². The summed E-state index contributed by atoms with van der Waals surface area (Å²) in [5, 5.41) is 12.0. The molecule has 4 heteroatoms. The van der Waals surface area contributed by atoms with Gasteiger partial charge in [0.05, 0.1) is 6.61 Å². The molecule has 0 aromatic heterocycles. The second-order valence-corrected chi connectivity index (χ2v) is 7.46. The Morgan fingerprint density at radius 1 is 1.14 bits per heavy atom. The van der Waals surface area contributed by atoms with Gasteiger partial charge in [-0.3, -0.25) is 0 Å². The van der Waals surface area contributed by atoms with Crippen LogP contribution >= 0.6 is 18.6 Å². The van der Waals surface area contributed by atoms with Crippen molar-refractivity contribution < 1.29 is 22.1 Å². The molecule has 2 aromatic rings. The molecule has 0 aliphatic heterocycles. The average molecular weight is 355 g/mol. The van der Waals surface area contributed by atoms with Gasteiger partial charge in [0.25, 0.3) is 0 Å². The number of halogens is 2. The third-order valence-electron chi connectivity index (χ3n) is 3.60. The molecule has 0 spiro atoms. The van der Waals surface area contributed by atoms with Crippen LogP contribution in [0.25, 0.3) is 10.8 Å². The molecule has 0 fully saturated rings. The topological polar surface area (TPSA) is 20.2 Å². The first-order chi connectivity index (χ1) is 10.2. The van der Waals surface area contributed by atoms with E-state index in [1.807, 2.05) is 12.1 Å². The van der Waals surface area contributed by atoms with Crippen molar-refractivity contribution in [1.29, 1.82) is 0 Å². The summed E-state index contributed by atoms with van der Waals surface area (Å²) in [7, 11) is 9.78. The van der Waals surface area contributed by atoms with E-state index in [0.717, 1.165) is 10.9 Å². The molecule has 0 radical (unpaired) electrons. The van der Waals surface area contributed by atoms with E-state index < -0.39 is 17.0 Å². The van der Waals surface area contributed by atoms with E-state index in [0.29, 0.717) is 5.92 Å². The van der Waals surface area contributed by atoms with Crippen molar-refractivity contribution in [3.05, 3.63) is 71.3 Å². The van der Waals surface area contributed by atoms with Gasteiger partial charge < -0.3 is 5.11 Å². The number of fused-ring (bicyclic) bond motifs is 1. The molecular weight excluding hydrogens is 339 g/mol. The number of aliphatic hydroxyl groups is 1. The SMILES string of the molecule is CC1=CC(c2ccc3ccccc3c2CO)C=C1.[Cl][Ti][Cl]. The van der Waals surface area contributed by atoms with Gasteiger partial charge in [-0.1, -0.05) is 60.2 Å². The van der Waals surface area contributed by atoms with Gasteiger partial charge in [-0.15, -0.1) is 0 Å². The number of allylic oxidation sites excluding steroid dienone is 4. The summed E-state index contributed by atoms with van der Waals surface area (Å²) in [6, 6.07) is 12.5. The van der Waals surface area contributed by atoms with Crippen LogP contribution in [0.4, 0.5) is 0 Å². The minimum atomic E-state index is -0.556. The fourth-order valence-electron chi connectivity index (χ4n) is 2.68. The maximum atomic E-state index is 9.70. The Morgan fingerprint density at radius 2 is 1.86 bits per heavy atom. The van der Waals surface area contributed by atoms with Gasteiger partial charge >= 0.3 is 35.6 Å². The monoisotopic (exact) mass is 354 g/mol. The molecule has 0 saturated carbocycles. The number of hydrogen-bond acceptors (Lipinski definition) is 1. The summed E-state index contributed by atoms with van der Waals surface area (Å²) in [4.78, 5) is 0. The Kier molecular flexibility index (Phi) is 6.53. The molecule has 0 heterocycles. The minimum absolute atomic E-state index is 0.0912. The Morgan fingerprint density at radius 3 is 2.48 bits per heavy atom. The average Bonchev–Trinajstić information content (AvgIpc) is 2.93. The summed E-state index contributed by atoms with van der Waals surface area (Å²) in [6.07, 6.45) is 6.57. The Bertz CT molecular complexity index is 680. The van der Waals surface area contributed by atoms with Crippen molar-refractivity contribution in [3.8, 4) is 0 Å². The zero-order chi connectivity index (χ0) is 15.2. The maximum absolute atomic E-state index is 9.70. The Balaban J connectivity index is 0.000000497. The summed E-state index contributed by atoms with van der Waals surface area (Å²) >= 11 is -0.556. The second kappa shape index (κ2) is 8.17.